The molecule has 0 spiro atoms. The van der Waals surface area contributed by atoms with Crippen LogP contribution in [0.2, 0.25) is 0 Å². The number of carbonyl (C=O) groups excluding carboxylic acids is 2. The first-order valence-corrected chi connectivity index (χ1v) is 12.4. The second-order valence-corrected chi connectivity index (χ2v) is 9.85. The smallest absolute Gasteiger partial charge is 0.261 e. The molecule has 3 aromatic carbocycles. The number of nitrogens with zero attached hydrogens (tertiary/aromatic N) is 1. The number of hydrogen-bond donors (Lipinski definition) is 3. The van der Waals surface area contributed by atoms with Crippen LogP contribution in [0.5, 0.6) is 5.75 Å². The first-order chi connectivity index (χ1) is 16.2. The first-order valence-electron chi connectivity index (χ1n) is 10.0. The number of benzene rings is 3. The zero-order chi connectivity index (χ0) is 24.3. The molecule has 0 fully saturated rings. The van der Waals surface area contributed by atoms with E-state index < -0.39 is 15.9 Å². The zero-order valence-electron chi connectivity index (χ0n) is 17.8. The highest BCUT2D eigenvalue weighted by molar-refractivity contribution is 7.92. The highest BCUT2D eigenvalue weighted by atomic mass is 32.2. The summed E-state index contributed by atoms with van der Waals surface area (Å²) in [5.41, 5.74) is 2.24. The number of aromatic hydroxyl groups is 1. The van der Waals surface area contributed by atoms with Crippen molar-refractivity contribution in [3.05, 3.63) is 89.3 Å². The van der Waals surface area contributed by atoms with Gasteiger partial charge in [-0.3, -0.25) is 19.6 Å². The van der Waals surface area contributed by atoms with Crippen LogP contribution in [-0.2, 0) is 10.0 Å². The number of phenolic OH excluding ortho intramolecular Hbond substituents is 1. The second-order valence-electron chi connectivity index (χ2n) is 7.31. The van der Waals surface area contributed by atoms with Crippen molar-refractivity contribution >= 4 is 43.9 Å². The predicted molar refractivity (Wildman–Crippen MR) is 131 cm³/mol. The average molecular weight is 494 g/mol. The van der Waals surface area contributed by atoms with E-state index in [9.17, 15) is 23.1 Å². The number of thiazole rings is 1. The summed E-state index contributed by atoms with van der Waals surface area (Å²) < 4.78 is 27.8. The first kappa shape index (κ1) is 23.1. The maximum absolute atomic E-state index is 12.7. The van der Waals surface area contributed by atoms with Gasteiger partial charge < -0.3 is 5.11 Å². The Kier molecular flexibility index (Phi) is 6.44. The highest BCUT2D eigenvalue weighted by Gasteiger charge is 2.17. The fourth-order valence-electron chi connectivity index (χ4n) is 3.10. The number of rotatable bonds is 7. The maximum Gasteiger partial charge on any atom is 0.261 e. The van der Waals surface area contributed by atoms with E-state index in [1.807, 2.05) is 0 Å². The van der Waals surface area contributed by atoms with Gasteiger partial charge >= 0.3 is 0 Å². The number of Topliss-reactive ketones (excluding diaryl/α,β-unsaturated/α-hetero) is 1. The quantitative estimate of drug-likeness (QED) is 0.319. The minimum Gasteiger partial charge on any atom is -0.508 e. The molecule has 1 aromatic heterocycles. The van der Waals surface area contributed by atoms with Crippen molar-refractivity contribution in [1.82, 2.24) is 4.98 Å². The molecule has 3 N–H and O–H groups in total. The molecule has 0 bridgehead atoms. The standard InChI is InChI=1S/C24H19N3O5S2/c1-15(28)17-4-2-6-19(12-17)27-34(31,32)21-10-8-16(9-11-21)23(30)26-24-25-22(14-33-24)18-5-3-7-20(29)13-18/h2-14,27,29H,1H3,(H,25,26,30). The van der Waals surface area contributed by atoms with Gasteiger partial charge in [-0.15, -0.1) is 11.3 Å². The summed E-state index contributed by atoms with van der Waals surface area (Å²) in [5.74, 6) is -0.499. The van der Waals surface area contributed by atoms with E-state index >= 15 is 0 Å². The molecule has 8 nitrogen and oxygen atoms in total. The van der Waals surface area contributed by atoms with Crippen molar-refractivity contribution < 1.29 is 23.1 Å². The predicted octanol–water partition coefficient (Wildman–Crippen LogP) is 4.77. The minimum atomic E-state index is -3.91. The lowest BCUT2D eigenvalue weighted by molar-refractivity contribution is 0.101. The molecule has 0 unspecified atom stereocenters. The molecular weight excluding hydrogens is 474 g/mol. The van der Waals surface area contributed by atoms with Crippen LogP contribution in [0.25, 0.3) is 11.3 Å². The molecule has 0 saturated heterocycles. The van der Waals surface area contributed by atoms with Crippen LogP contribution in [0.15, 0.2) is 83.1 Å². The largest absolute Gasteiger partial charge is 0.508 e. The zero-order valence-corrected chi connectivity index (χ0v) is 19.5. The molecule has 0 aliphatic heterocycles. The van der Waals surface area contributed by atoms with Gasteiger partial charge in [0.1, 0.15) is 5.75 Å². The number of phenols is 1. The Morgan fingerprint density at radius 1 is 0.941 bits per heavy atom. The number of anilines is 2. The SMILES string of the molecule is CC(=O)c1cccc(NS(=O)(=O)c2ccc(C(=O)Nc3nc(-c4cccc(O)c4)cs3)cc2)c1. The molecule has 172 valence electrons. The fourth-order valence-corrected chi connectivity index (χ4v) is 4.86. The molecule has 0 saturated carbocycles. The molecule has 0 aliphatic rings. The Morgan fingerprint density at radius 2 is 1.68 bits per heavy atom. The minimum absolute atomic E-state index is 0.0299. The molecule has 1 amide bonds. The summed E-state index contributed by atoms with van der Waals surface area (Å²) in [6.45, 7) is 1.40. The molecule has 0 atom stereocenters. The van der Waals surface area contributed by atoms with E-state index in [0.29, 0.717) is 22.0 Å². The van der Waals surface area contributed by atoms with Crippen LogP contribution in [0.3, 0.4) is 0 Å². The second kappa shape index (κ2) is 9.46. The van der Waals surface area contributed by atoms with Gasteiger partial charge in [0, 0.05) is 27.8 Å². The molecular formula is C24H19N3O5S2. The van der Waals surface area contributed by atoms with Crippen molar-refractivity contribution in [2.45, 2.75) is 11.8 Å². The average Bonchev–Trinajstić information content (AvgIpc) is 3.27. The molecule has 0 radical (unpaired) electrons. The summed E-state index contributed by atoms with van der Waals surface area (Å²) in [6, 6.07) is 18.3. The number of sulfonamides is 1. The summed E-state index contributed by atoms with van der Waals surface area (Å²) in [4.78, 5) is 28.4. The lowest BCUT2D eigenvalue weighted by Crippen LogP contribution is -2.15. The molecule has 1 heterocycles. The topological polar surface area (TPSA) is 125 Å². The third kappa shape index (κ3) is 5.30. The highest BCUT2D eigenvalue weighted by Crippen LogP contribution is 2.27. The Bertz CT molecular complexity index is 1480. The fraction of sp³-hybridized carbons (Fsp3) is 0.0417. The molecule has 34 heavy (non-hydrogen) atoms. The molecule has 0 aliphatic carbocycles. The van der Waals surface area contributed by atoms with Gasteiger partial charge in [0.15, 0.2) is 10.9 Å². The number of amides is 1. The van der Waals surface area contributed by atoms with Crippen molar-refractivity contribution in [3.8, 4) is 17.0 Å². The van der Waals surface area contributed by atoms with Gasteiger partial charge in [-0.25, -0.2) is 13.4 Å². The van der Waals surface area contributed by atoms with Crippen LogP contribution in [0.1, 0.15) is 27.6 Å². The van der Waals surface area contributed by atoms with Crippen LogP contribution in [0, 0.1) is 0 Å². The Morgan fingerprint density at radius 3 is 2.38 bits per heavy atom. The number of aromatic nitrogens is 1. The monoisotopic (exact) mass is 493 g/mol. The summed E-state index contributed by atoms with van der Waals surface area (Å²) in [7, 11) is -3.91. The van der Waals surface area contributed by atoms with Crippen molar-refractivity contribution in [2.75, 3.05) is 10.0 Å². The van der Waals surface area contributed by atoms with E-state index in [1.54, 1.807) is 47.8 Å². The maximum atomic E-state index is 12.7. The van der Waals surface area contributed by atoms with E-state index in [4.69, 9.17) is 0 Å². The van der Waals surface area contributed by atoms with Gasteiger partial charge in [-0.2, -0.15) is 0 Å². The lowest BCUT2D eigenvalue weighted by Gasteiger charge is -2.09. The van der Waals surface area contributed by atoms with E-state index in [2.05, 4.69) is 15.0 Å². The summed E-state index contributed by atoms with van der Waals surface area (Å²) in [5, 5.41) is 14.4. The third-order valence-electron chi connectivity index (χ3n) is 4.81. The molecule has 4 rings (SSSR count). The van der Waals surface area contributed by atoms with Gasteiger partial charge in [-0.05, 0) is 55.5 Å². The van der Waals surface area contributed by atoms with Crippen LogP contribution in [0.4, 0.5) is 10.8 Å². The van der Waals surface area contributed by atoms with Gasteiger partial charge in [0.25, 0.3) is 15.9 Å². The van der Waals surface area contributed by atoms with E-state index in [-0.39, 0.29) is 27.7 Å². The Balaban J connectivity index is 1.45. The number of ketones is 1. The van der Waals surface area contributed by atoms with Crippen molar-refractivity contribution in [3.63, 3.8) is 0 Å². The Hall–Kier alpha value is -4.02. The van der Waals surface area contributed by atoms with Crippen molar-refractivity contribution in [1.29, 1.82) is 0 Å². The number of nitrogens with one attached hydrogen (secondary N) is 2. The number of hydrogen-bond acceptors (Lipinski definition) is 7. The van der Waals surface area contributed by atoms with Crippen LogP contribution in [-0.4, -0.2) is 30.2 Å². The summed E-state index contributed by atoms with van der Waals surface area (Å²) in [6.07, 6.45) is 0. The van der Waals surface area contributed by atoms with Crippen molar-refractivity contribution in [2.24, 2.45) is 0 Å². The Labute approximate surface area is 200 Å². The lowest BCUT2D eigenvalue weighted by atomic mass is 10.1. The van der Waals surface area contributed by atoms with Gasteiger partial charge in [0.2, 0.25) is 0 Å². The van der Waals surface area contributed by atoms with Crippen LogP contribution < -0.4 is 10.0 Å². The van der Waals surface area contributed by atoms with Gasteiger partial charge in [0.05, 0.1) is 10.6 Å². The van der Waals surface area contributed by atoms with Gasteiger partial charge in [-0.1, -0.05) is 24.3 Å². The van der Waals surface area contributed by atoms with Crippen LogP contribution >= 0.6 is 11.3 Å². The van der Waals surface area contributed by atoms with E-state index in [1.165, 1.54) is 48.6 Å². The third-order valence-corrected chi connectivity index (χ3v) is 6.97. The summed E-state index contributed by atoms with van der Waals surface area (Å²) >= 11 is 1.23. The van der Waals surface area contributed by atoms with E-state index in [0.717, 1.165) is 0 Å². The molecule has 4 aromatic rings. The normalized spacial score (nSPS) is 11.1. The molecule has 10 heteroatoms. The number of carbonyl (C=O) groups is 2.